The molecule has 0 aliphatic heterocycles. The van der Waals surface area contributed by atoms with Crippen LogP contribution in [0.2, 0.25) is 0 Å². The first-order chi connectivity index (χ1) is 9.78. The van der Waals surface area contributed by atoms with E-state index in [1.807, 2.05) is 0 Å². The molecule has 0 spiro atoms. The molecule has 0 amide bonds. The zero-order chi connectivity index (χ0) is 14.2. The minimum atomic E-state index is 0.297. The molecular formula is C18H29NO. The number of benzene rings is 1. The van der Waals surface area contributed by atoms with Crippen LogP contribution in [0.3, 0.4) is 0 Å². The van der Waals surface area contributed by atoms with Crippen molar-refractivity contribution in [3.63, 3.8) is 0 Å². The summed E-state index contributed by atoms with van der Waals surface area (Å²) in [6.07, 6.45) is 8.45. The topological polar surface area (TPSA) is 21.3 Å². The second-order valence-corrected chi connectivity index (χ2v) is 6.12. The summed E-state index contributed by atoms with van der Waals surface area (Å²) in [7, 11) is 0. The Bertz CT molecular complexity index is 368. The molecule has 1 aliphatic rings. The molecule has 1 aromatic rings. The maximum atomic E-state index is 5.80. The van der Waals surface area contributed by atoms with E-state index < -0.39 is 0 Å². The van der Waals surface area contributed by atoms with E-state index in [1.165, 1.54) is 44.2 Å². The van der Waals surface area contributed by atoms with Crippen molar-refractivity contribution in [3.05, 3.63) is 29.8 Å². The van der Waals surface area contributed by atoms with Crippen LogP contribution < -0.4 is 10.1 Å². The summed E-state index contributed by atoms with van der Waals surface area (Å²) in [5, 5.41) is 3.60. The summed E-state index contributed by atoms with van der Waals surface area (Å²) in [5.74, 6) is 1.88. The Balaban J connectivity index is 1.70. The van der Waals surface area contributed by atoms with E-state index in [1.54, 1.807) is 0 Å². The van der Waals surface area contributed by atoms with E-state index in [0.717, 1.165) is 24.6 Å². The highest BCUT2D eigenvalue weighted by Crippen LogP contribution is 2.23. The summed E-state index contributed by atoms with van der Waals surface area (Å²) >= 11 is 0. The predicted molar refractivity (Wildman–Crippen MR) is 85.1 cm³/mol. The van der Waals surface area contributed by atoms with Crippen LogP contribution in [0, 0.1) is 5.92 Å². The SMILES string of the molecule is CCC(C)Oc1ccc(CNCC2CCCCC2)cc1. The quantitative estimate of drug-likeness (QED) is 0.789. The molecule has 20 heavy (non-hydrogen) atoms. The Morgan fingerprint density at radius 1 is 1.15 bits per heavy atom. The molecule has 112 valence electrons. The van der Waals surface area contributed by atoms with E-state index in [0.29, 0.717) is 6.10 Å². The Kier molecular flexibility index (Phi) is 6.38. The Morgan fingerprint density at radius 3 is 2.50 bits per heavy atom. The molecule has 0 saturated heterocycles. The van der Waals surface area contributed by atoms with Gasteiger partial charge in [-0.15, -0.1) is 0 Å². The van der Waals surface area contributed by atoms with E-state index >= 15 is 0 Å². The van der Waals surface area contributed by atoms with Crippen LogP contribution in [0.25, 0.3) is 0 Å². The molecule has 1 aliphatic carbocycles. The van der Waals surface area contributed by atoms with Gasteiger partial charge in [-0.25, -0.2) is 0 Å². The minimum Gasteiger partial charge on any atom is -0.491 e. The Labute approximate surface area is 123 Å². The smallest absolute Gasteiger partial charge is 0.119 e. The van der Waals surface area contributed by atoms with Gasteiger partial charge in [0.2, 0.25) is 0 Å². The zero-order valence-corrected chi connectivity index (χ0v) is 13.0. The normalized spacial score (nSPS) is 17.9. The van der Waals surface area contributed by atoms with E-state index in [-0.39, 0.29) is 0 Å². The number of nitrogens with one attached hydrogen (secondary N) is 1. The first kappa shape index (κ1) is 15.4. The fraction of sp³-hybridized carbons (Fsp3) is 0.667. The lowest BCUT2D eigenvalue weighted by molar-refractivity contribution is 0.217. The van der Waals surface area contributed by atoms with Crippen molar-refractivity contribution >= 4 is 0 Å². The molecule has 1 aromatic carbocycles. The zero-order valence-electron chi connectivity index (χ0n) is 13.0. The van der Waals surface area contributed by atoms with E-state index in [4.69, 9.17) is 4.74 Å². The second kappa shape index (κ2) is 8.31. The summed E-state index contributed by atoms with van der Waals surface area (Å²) in [6, 6.07) is 8.52. The average Bonchev–Trinajstić information content (AvgIpc) is 2.50. The van der Waals surface area contributed by atoms with E-state index in [2.05, 4.69) is 43.4 Å². The number of ether oxygens (including phenoxy) is 1. The van der Waals surface area contributed by atoms with Gasteiger partial charge >= 0.3 is 0 Å². The van der Waals surface area contributed by atoms with Crippen LogP contribution in [-0.2, 0) is 6.54 Å². The largest absolute Gasteiger partial charge is 0.491 e. The monoisotopic (exact) mass is 275 g/mol. The van der Waals surface area contributed by atoms with Crippen molar-refractivity contribution in [2.24, 2.45) is 5.92 Å². The van der Waals surface area contributed by atoms with Gasteiger partial charge in [-0.2, -0.15) is 0 Å². The number of rotatable bonds is 7. The van der Waals surface area contributed by atoms with Gasteiger partial charge in [0.05, 0.1) is 6.10 Å². The highest BCUT2D eigenvalue weighted by atomic mass is 16.5. The Hall–Kier alpha value is -1.02. The van der Waals surface area contributed by atoms with Crippen molar-refractivity contribution in [2.45, 2.75) is 65.0 Å². The predicted octanol–water partition coefficient (Wildman–Crippen LogP) is 4.53. The van der Waals surface area contributed by atoms with Crippen LogP contribution in [0.1, 0.15) is 57.9 Å². The molecule has 1 fully saturated rings. The summed E-state index contributed by atoms with van der Waals surface area (Å²) in [6.45, 7) is 6.40. The fourth-order valence-electron chi connectivity index (χ4n) is 2.81. The standard InChI is InChI=1S/C18H29NO/c1-3-15(2)20-18-11-9-17(10-12-18)14-19-13-16-7-5-4-6-8-16/h9-12,15-16,19H,3-8,13-14H2,1-2H3. The molecule has 1 unspecified atom stereocenters. The fourth-order valence-corrected chi connectivity index (χ4v) is 2.81. The molecule has 0 bridgehead atoms. The van der Waals surface area contributed by atoms with Gasteiger partial charge < -0.3 is 10.1 Å². The van der Waals surface area contributed by atoms with Crippen LogP contribution in [0.4, 0.5) is 0 Å². The lowest BCUT2D eigenvalue weighted by Gasteiger charge is -2.21. The van der Waals surface area contributed by atoms with Gasteiger partial charge in [0.25, 0.3) is 0 Å². The van der Waals surface area contributed by atoms with Crippen LogP contribution >= 0.6 is 0 Å². The third-order valence-corrected chi connectivity index (χ3v) is 4.32. The van der Waals surface area contributed by atoms with Crippen molar-refractivity contribution in [1.82, 2.24) is 5.32 Å². The van der Waals surface area contributed by atoms with Gasteiger partial charge in [-0.3, -0.25) is 0 Å². The van der Waals surface area contributed by atoms with Crippen LogP contribution in [0.5, 0.6) is 5.75 Å². The summed E-state index contributed by atoms with van der Waals surface area (Å²) in [5.41, 5.74) is 1.34. The molecule has 0 heterocycles. The molecule has 1 saturated carbocycles. The molecule has 0 radical (unpaired) electrons. The minimum absolute atomic E-state index is 0.297. The van der Waals surface area contributed by atoms with Crippen molar-refractivity contribution in [1.29, 1.82) is 0 Å². The maximum absolute atomic E-state index is 5.80. The third-order valence-electron chi connectivity index (χ3n) is 4.32. The first-order valence-electron chi connectivity index (χ1n) is 8.24. The lowest BCUT2D eigenvalue weighted by Crippen LogP contribution is -2.24. The van der Waals surface area contributed by atoms with Gasteiger partial charge in [-0.05, 0) is 56.3 Å². The van der Waals surface area contributed by atoms with Gasteiger partial charge in [-0.1, -0.05) is 38.3 Å². The van der Waals surface area contributed by atoms with Crippen molar-refractivity contribution in [3.8, 4) is 5.75 Å². The molecule has 2 nitrogen and oxygen atoms in total. The van der Waals surface area contributed by atoms with Crippen LogP contribution in [0.15, 0.2) is 24.3 Å². The highest BCUT2D eigenvalue weighted by molar-refractivity contribution is 5.27. The molecular weight excluding hydrogens is 246 g/mol. The van der Waals surface area contributed by atoms with Gasteiger partial charge in [0.1, 0.15) is 5.75 Å². The van der Waals surface area contributed by atoms with Gasteiger partial charge in [0, 0.05) is 6.54 Å². The molecule has 0 aromatic heterocycles. The van der Waals surface area contributed by atoms with Crippen molar-refractivity contribution < 1.29 is 4.74 Å². The number of hydrogen-bond acceptors (Lipinski definition) is 2. The second-order valence-electron chi connectivity index (χ2n) is 6.12. The first-order valence-corrected chi connectivity index (χ1v) is 8.24. The van der Waals surface area contributed by atoms with E-state index in [9.17, 15) is 0 Å². The lowest BCUT2D eigenvalue weighted by atomic mass is 9.89. The summed E-state index contributed by atoms with van der Waals surface area (Å²) in [4.78, 5) is 0. The molecule has 1 N–H and O–H groups in total. The van der Waals surface area contributed by atoms with Crippen LogP contribution in [-0.4, -0.2) is 12.6 Å². The molecule has 1 atom stereocenters. The van der Waals surface area contributed by atoms with Gasteiger partial charge in [0.15, 0.2) is 0 Å². The average molecular weight is 275 g/mol. The Morgan fingerprint density at radius 2 is 1.85 bits per heavy atom. The number of hydrogen-bond donors (Lipinski definition) is 1. The highest BCUT2D eigenvalue weighted by Gasteiger charge is 2.12. The molecule has 2 heteroatoms. The summed E-state index contributed by atoms with van der Waals surface area (Å²) < 4.78 is 5.80. The molecule has 2 rings (SSSR count). The maximum Gasteiger partial charge on any atom is 0.119 e. The van der Waals surface area contributed by atoms with Crippen molar-refractivity contribution in [2.75, 3.05) is 6.54 Å². The third kappa shape index (κ3) is 5.16.